The van der Waals surface area contributed by atoms with E-state index in [1.807, 2.05) is 0 Å². The van der Waals surface area contributed by atoms with Crippen LogP contribution in [0.2, 0.25) is 0 Å². The molecule has 0 aliphatic heterocycles. The van der Waals surface area contributed by atoms with Crippen LogP contribution in [-0.2, 0) is 10.2 Å². The molecule has 2 aromatic carbocycles. The van der Waals surface area contributed by atoms with Gasteiger partial charge in [-0.1, -0.05) is 63.2 Å². The Morgan fingerprint density at radius 2 is 1.68 bits per heavy atom. The van der Waals surface area contributed by atoms with Gasteiger partial charge in [0.1, 0.15) is 0 Å². The van der Waals surface area contributed by atoms with Gasteiger partial charge in [0.05, 0.1) is 6.54 Å². The number of likely N-dealkylation sites (N-methyl/N-ethyl adjacent to an activating group) is 1. The second-order valence-corrected chi connectivity index (χ2v) is 7.88. The number of halogens is 1. The second kappa shape index (κ2) is 11.4. The van der Waals surface area contributed by atoms with Crippen molar-refractivity contribution in [1.82, 2.24) is 15.1 Å². The molecule has 1 unspecified atom stereocenters. The predicted octanol–water partition coefficient (Wildman–Crippen LogP) is 3.93. The van der Waals surface area contributed by atoms with E-state index in [-0.39, 0.29) is 23.7 Å². The number of benzene rings is 2. The number of nitrogens with one attached hydrogen (secondary N) is 1. The molecule has 0 bridgehead atoms. The highest BCUT2D eigenvalue weighted by Gasteiger charge is 2.29. The van der Waals surface area contributed by atoms with E-state index < -0.39 is 0 Å². The Bertz CT molecular complexity index is 740. The van der Waals surface area contributed by atoms with Crippen LogP contribution >= 0.6 is 12.4 Å². The number of carbonyl (C=O) groups excluding carboxylic acids is 1. The zero-order valence-electron chi connectivity index (χ0n) is 18.0. The lowest BCUT2D eigenvalue weighted by atomic mass is 9.77. The molecule has 0 aliphatic rings. The molecule has 0 fully saturated rings. The van der Waals surface area contributed by atoms with E-state index in [1.54, 1.807) is 0 Å². The Kier molecular flexibility index (Phi) is 9.94. The standard InChI is InChI=1S/C23H35N3O.ClH/c1-6-26(7-2)17-22(27)24-18-23(3,15-16-25(4)5)21-14-10-12-19-11-8-9-13-20(19)21;/h8-14H,6-7,15-18H2,1-5H3,(H,24,27);1H. The van der Waals surface area contributed by atoms with Crippen LogP contribution in [0.4, 0.5) is 0 Å². The largest absolute Gasteiger partial charge is 0.354 e. The zero-order valence-corrected chi connectivity index (χ0v) is 18.8. The van der Waals surface area contributed by atoms with Gasteiger partial charge >= 0.3 is 0 Å². The minimum Gasteiger partial charge on any atom is -0.354 e. The first kappa shape index (κ1) is 24.4. The van der Waals surface area contributed by atoms with E-state index in [0.717, 1.165) is 26.1 Å². The van der Waals surface area contributed by atoms with Gasteiger partial charge in [0, 0.05) is 12.0 Å². The molecule has 0 saturated carbocycles. The molecule has 0 saturated heterocycles. The fraction of sp³-hybridized carbons (Fsp3) is 0.522. The van der Waals surface area contributed by atoms with Gasteiger partial charge < -0.3 is 10.2 Å². The van der Waals surface area contributed by atoms with Gasteiger partial charge in [-0.2, -0.15) is 0 Å². The summed E-state index contributed by atoms with van der Waals surface area (Å²) in [6, 6.07) is 15.0. The molecule has 0 aromatic heterocycles. The van der Waals surface area contributed by atoms with Crippen LogP contribution in [0, 0.1) is 0 Å². The van der Waals surface area contributed by atoms with Crippen molar-refractivity contribution in [2.24, 2.45) is 0 Å². The number of nitrogens with zero attached hydrogens (tertiary/aromatic N) is 2. The summed E-state index contributed by atoms with van der Waals surface area (Å²) >= 11 is 0. The smallest absolute Gasteiger partial charge is 0.234 e. The van der Waals surface area contributed by atoms with Gasteiger partial charge in [-0.25, -0.2) is 0 Å². The zero-order chi connectivity index (χ0) is 19.9. The molecule has 2 aromatic rings. The maximum Gasteiger partial charge on any atom is 0.234 e. The first-order valence-corrected chi connectivity index (χ1v) is 10.0. The highest BCUT2D eigenvalue weighted by atomic mass is 35.5. The fourth-order valence-corrected chi connectivity index (χ4v) is 3.54. The monoisotopic (exact) mass is 405 g/mol. The molecule has 1 atom stereocenters. The SMILES string of the molecule is CCN(CC)CC(=O)NCC(C)(CCN(C)C)c1cccc2ccccc12.Cl. The van der Waals surface area contributed by atoms with Gasteiger partial charge in [-0.3, -0.25) is 9.69 Å². The number of hydrogen-bond acceptors (Lipinski definition) is 3. The summed E-state index contributed by atoms with van der Waals surface area (Å²) in [5.74, 6) is 0.106. The number of amides is 1. The Hall–Kier alpha value is -1.62. The second-order valence-electron chi connectivity index (χ2n) is 7.88. The molecule has 0 heterocycles. The van der Waals surface area contributed by atoms with Crippen LogP contribution < -0.4 is 5.32 Å². The summed E-state index contributed by atoms with van der Waals surface area (Å²) < 4.78 is 0. The van der Waals surface area contributed by atoms with Crippen LogP contribution in [0.1, 0.15) is 32.8 Å². The number of rotatable bonds is 10. The predicted molar refractivity (Wildman–Crippen MR) is 123 cm³/mol. The molecule has 0 radical (unpaired) electrons. The number of carbonyl (C=O) groups is 1. The van der Waals surface area contributed by atoms with Gasteiger partial charge in [-0.05, 0) is 56.5 Å². The number of hydrogen-bond donors (Lipinski definition) is 1. The van der Waals surface area contributed by atoms with Crippen molar-refractivity contribution in [1.29, 1.82) is 0 Å². The van der Waals surface area contributed by atoms with E-state index in [4.69, 9.17) is 0 Å². The third kappa shape index (κ3) is 6.47. The van der Waals surface area contributed by atoms with Gasteiger partial charge in [0.2, 0.25) is 5.91 Å². The molecule has 0 aliphatic carbocycles. The summed E-state index contributed by atoms with van der Waals surface area (Å²) in [4.78, 5) is 16.8. The summed E-state index contributed by atoms with van der Waals surface area (Å²) in [6.07, 6.45) is 0.986. The first-order valence-electron chi connectivity index (χ1n) is 10.0. The molecule has 2 rings (SSSR count). The van der Waals surface area contributed by atoms with E-state index in [2.05, 4.69) is 92.4 Å². The van der Waals surface area contributed by atoms with Crippen molar-refractivity contribution < 1.29 is 4.79 Å². The molecule has 1 N–H and O–H groups in total. The van der Waals surface area contributed by atoms with Crippen LogP contribution in [0.25, 0.3) is 10.8 Å². The topological polar surface area (TPSA) is 35.6 Å². The van der Waals surface area contributed by atoms with Crippen molar-refractivity contribution in [2.45, 2.75) is 32.6 Å². The third-order valence-corrected chi connectivity index (χ3v) is 5.49. The minimum absolute atomic E-state index is 0. The van der Waals surface area contributed by atoms with Crippen molar-refractivity contribution in [3.63, 3.8) is 0 Å². The highest BCUT2D eigenvalue weighted by Crippen LogP contribution is 2.33. The Morgan fingerprint density at radius 1 is 1.04 bits per heavy atom. The van der Waals surface area contributed by atoms with Crippen LogP contribution in [0.3, 0.4) is 0 Å². The van der Waals surface area contributed by atoms with Crippen LogP contribution in [0.15, 0.2) is 42.5 Å². The highest BCUT2D eigenvalue weighted by molar-refractivity contribution is 5.87. The quantitative estimate of drug-likeness (QED) is 0.650. The van der Waals surface area contributed by atoms with Crippen molar-refractivity contribution in [2.75, 3.05) is 46.8 Å². The normalized spacial score (nSPS) is 13.4. The van der Waals surface area contributed by atoms with E-state index in [0.29, 0.717) is 13.1 Å². The van der Waals surface area contributed by atoms with Crippen LogP contribution in [0.5, 0.6) is 0 Å². The summed E-state index contributed by atoms with van der Waals surface area (Å²) in [7, 11) is 4.20. The lowest BCUT2D eigenvalue weighted by Crippen LogP contribution is -2.44. The molecular weight excluding hydrogens is 370 g/mol. The van der Waals surface area contributed by atoms with E-state index in [1.165, 1.54) is 16.3 Å². The third-order valence-electron chi connectivity index (χ3n) is 5.49. The van der Waals surface area contributed by atoms with E-state index in [9.17, 15) is 4.79 Å². The molecule has 1 amide bonds. The maximum atomic E-state index is 12.5. The molecule has 28 heavy (non-hydrogen) atoms. The Balaban J connectivity index is 0.00000392. The summed E-state index contributed by atoms with van der Waals surface area (Å²) in [5, 5.41) is 5.74. The van der Waals surface area contributed by atoms with Gasteiger partial charge in [0.25, 0.3) is 0 Å². The first-order chi connectivity index (χ1) is 12.9. The Morgan fingerprint density at radius 3 is 2.32 bits per heavy atom. The van der Waals surface area contributed by atoms with Crippen LogP contribution in [-0.4, -0.2) is 62.5 Å². The maximum absolute atomic E-state index is 12.5. The van der Waals surface area contributed by atoms with E-state index >= 15 is 0 Å². The molecule has 156 valence electrons. The molecule has 5 heteroatoms. The van der Waals surface area contributed by atoms with Crippen molar-refractivity contribution in [3.05, 3.63) is 48.0 Å². The Labute approximate surface area is 176 Å². The molecular formula is C23H36ClN3O. The fourth-order valence-electron chi connectivity index (χ4n) is 3.54. The van der Waals surface area contributed by atoms with Crippen molar-refractivity contribution >= 4 is 29.1 Å². The average Bonchev–Trinajstić information content (AvgIpc) is 2.68. The van der Waals surface area contributed by atoms with Gasteiger partial charge in [0.15, 0.2) is 0 Å². The minimum atomic E-state index is -0.121. The molecule has 0 spiro atoms. The molecule has 4 nitrogen and oxygen atoms in total. The average molecular weight is 406 g/mol. The number of fused-ring (bicyclic) bond motifs is 1. The summed E-state index contributed by atoms with van der Waals surface area (Å²) in [5.41, 5.74) is 1.19. The lowest BCUT2D eigenvalue weighted by Gasteiger charge is -2.33. The lowest BCUT2D eigenvalue weighted by molar-refractivity contribution is -0.122. The summed E-state index contributed by atoms with van der Waals surface area (Å²) in [6.45, 7) is 10.3. The van der Waals surface area contributed by atoms with Gasteiger partial charge in [-0.15, -0.1) is 12.4 Å². The van der Waals surface area contributed by atoms with Crippen molar-refractivity contribution in [3.8, 4) is 0 Å².